The summed E-state index contributed by atoms with van der Waals surface area (Å²) in [6, 6.07) is 7.10. The number of non-ortho nitro benzene ring substituents is 1. The summed E-state index contributed by atoms with van der Waals surface area (Å²) >= 11 is 1.39. The van der Waals surface area contributed by atoms with Gasteiger partial charge in [-0.1, -0.05) is 0 Å². The zero-order valence-electron chi connectivity index (χ0n) is 10.5. The number of carbonyl (C=O) groups is 1. The molecule has 1 heterocycles. The Bertz CT molecular complexity index is 628. The average molecular weight is 293 g/mol. The predicted molar refractivity (Wildman–Crippen MR) is 76.6 cm³/mol. The lowest BCUT2D eigenvalue weighted by Crippen LogP contribution is -2.19. The van der Waals surface area contributed by atoms with Gasteiger partial charge in [-0.05, 0) is 23.6 Å². The minimum absolute atomic E-state index is 0.105. The second-order valence-corrected chi connectivity index (χ2v) is 4.65. The molecular formula is C12H11N3O4S. The van der Waals surface area contributed by atoms with Crippen LogP contribution in [0.5, 0.6) is 5.75 Å². The molecule has 0 atom stereocenters. The van der Waals surface area contributed by atoms with Crippen LogP contribution >= 0.6 is 11.3 Å². The number of urea groups is 1. The lowest BCUT2D eigenvalue weighted by molar-refractivity contribution is -0.384. The molecule has 0 aliphatic rings. The summed E-state index contributed by atoms with van der Waals surface area (Å²) in [7, 11) is 1.38. The molecule has 2 amide bonds. The second-order valence-electron chi connectivity index (χ2n) is 3.70. The van der Waals surface area contributed by atoms with Gasteiger partial charge in [0.15, 0.2) is 0 Å². The summed E-state index contributed by atoms with van der Waals surface area (Å²) in [5.41, 5.74) is 0.248. The van der Waals surface area contributed by atoms with Crippen molar-refractivity contribution in [2.75, 3.05) is 17.7 Å². The van der Waals surface area contributed by atoms with Crippen molar-refractivity contribution in [3.63, 3.8) is 0 Å². The van der Waals surface area contributed by atoms with Gasteiger partial charge in [0, 0.05) is 6.07 Å². The molecule has 2 aromatic rings. The first-order valence-corrected chi connectivity index (χ1v) is 6.42. The number of nitro benzene ring substituents is 1. The van der Waals surface area contributed by atoms with E-state index in [0.717, 1.165) is 0 Å². The number of amides is 2. The minimum Gasteiger partial charge on any atom is -0.494 e. The number of ether oxygens (including phenoxy) is 1. The Morgan fingerprint density at radius 1 is 1.35 bits per heavy atom. The molecule has 20 heavy (non-hydrogen) atoms. The summed E-state index contributed by atoms with van der Waals surface area (Å²) < 4.78 is 5.03. The maximum atomic E-state index is 11.8. The Hall–Kier alpha value is -2.61. The molecule has 2 rings (SSSR count). The van der Waals surface area contributed by atoms with Crippen LogP contribution in [-0.2, 0) is 0 Å². The van der Waals surface area contributed by atoms with Gasteiger partial charge < -0.3 is 10.1 Å². The molecule has 2 N–H and O–H groups in total. The first-order valence-electron chi connectivity index (χ1n) is 5.54. The van der Waals surface area contributed by atoms with Gasteiger partial charge in [-0.15, -0.1) is 11.3 Å². The largest absolute Gasteiger partial charge is 0.494 e. The third-order valence-electron chi connectivity index (χ3n) is 2.40. The van der Waals surface area contributed by atoms with Crippen molar-refractivity contribution in [2.24, 2.45) is 0 Å². The molecule has 0 radical (unpaired) electrons. The van der Waals surface area contributed by atoms with Gasteiger partial charge in [0.25, 0.3) is 5.69 Å². The van der Waals surface area contributed by atoms with E-state index in [1.807, 2.05) is 11.4 Å². The minimum atomic E-state index is -0.530. The van der Waals surface area contributed by atoms with Crippen LogP contribution in [-0.4, -0.2) is 18.1 Å². The molecule has 1 aromatic heterocycles. The van der Waals surface area contributed by atoms with Gasteiger partial charge in [-0.3, -0.25) is 15.4 Å². The third kappa shape index (κ3) is 3.23. The standard InChI is InChI=1S/C12H11N3O4S/c1-19-10-7-8(15(17)18)4-5-9(10)13-12(16)14-11-3-2-6-20-11/h2-7H,1H3,(H2,13,14,16). The molecule has 0 aliphatic heterocycles. The molecule has 104 valence electrons. The number of benzene rings is 1. The van der Waals surface area contributed by atoms with E-state index >= 15 is 0 Å². The Morgan fingerprint density at radius 3 is 2.75 bits per heavy atom. The van der Waals surface area contributed by atoms with Crippen LogP contribution in [0.25, 0.3) is 0 Å². The molecule has 0 saturated carbocycles. The number of anilines is 2. The number of hydrogen-bond acceptors (Lipinski definition) is 5. The molecule has 7 nitrogen and oxygen atoms in total. The number of nitrogens with zero attached hydrogens (tertiary/aromatic N) is 1. The van der Waals surface area contributed by atoms with Crippen molar-refractivity contribution in [3.05, 3.63) is 45.8 Å². The molecule has 0 bridgehead atoms. The van der Waals surface area contributed by atoms with Crippen molar-refractivity contribution >= 4 is 33.7 Å². The van der Waals surface area contributed by atoms with Crippen molar-refractivity contribution in [2.45, 2.75) is 0 Å². The van der Waals surface area contributed by atoms with E-state index in [1.165, 1.54) is 36.6 Å². The van der Waals surface area contributed by atoms with E-state index in [-0.39, 0.29) is 11.4 Å². The quantitative estimate of drug-likeness (QED) is 0.668. The summed E-state index contributed by atoms with van der Waals surface area (Å²) in [6.07, 6.45) is 0. The van der Waals surface area contributed by atoms with E-state index in [4.69, 9.17) is 4.74 Å². The van der Waals surface area contributed by atoms with E-state index < -0.39 is 11.0 Å². The van der Waals surface area contributed by atoms with Crippen LogP contribution in [0, 0.1) is 10.1 Å². The highest BCUT2D eigenvalue weighted by Crippen LogP contribution is 2.29. The normalized spacial score (nSPS) is 9.85. The summed E-state index contributed by atoms with van der Waals surface area (Å²) in [4.78, 5) is 21.9. The van der Waals surface area contributed by atoms with Gasteiger partial charge >= 0.3 is 6.03 Å². The van der Waals surface area contributed by atoms with Crippen molar-refractivity contribution in [3.8, 4) is 5.75 Å². The number of hydrogen-bond donors (Lipinski definition) is 2. The SMILES string of the molecule is COc1cc([N+](=O)[O-])ccc1NC(=O)Nc1cccs1. The topological polar surface area (TPSA) is 93.5 Å². The van der Waals surface area contributed by atoms with Crippen LogP contribution in [0.3, 0.4) is 0 Å². The summed E-state index contributed by atoms with van der Waals surface area (Å²) in [5.74, 6) is 0.223. The van der Waals surface area contributed by atoms with E-state index in [2.05, 4.69) is 10.6 Å². The van der Waals surface area contributed by atoms with Crippen molar-refractivity contribution in [1.82, 2.24) is 0 Å². The van der Waals surface area contributed by atoms with Crippen LogP contribution in [0.4, 0.5) is 21.2 Å². The molecule has 0 aliphatic carbocycles. The van der Waals surface area contributed by atoms with Gasteiger partial charge in [0.2, 0.25) is 0 Å². The zero-order chi connectivity index (χ0) is 14.5. The van der Waals surface area contributed by atoms with Crippen molar-refractivity contribution in [1.29, 1.82) is 0 Å². The Balaban J connectivity index is 2.12. The van der Waals surface area contributed by atoms with Crippen LogP contribution < -0.4 is 15.4 Å². The molecule has 1 aromatic carbocycles. The number of nitro groups is 1. The number of carbonyl (C=O) groups excluding carboxylic acids is 1. The molecule has 0 spiro atoms. The molecule has 0 saturated heterocycles. The second kappa shape index (κ2) is 6.02. The lowest BCUT2D eigenvalue weighted by atomic mass is 10.2. The molecule has 0 fully saturated rings. The first kappa shape index (κ1) is 13.8. The zero-order valence-corrected chi connectivity index (χ0v) is 11.3. The van der Waals surface area contributed by atoms with Gasteiger partial charge in [-0.25, -0.2) is 4.79 Å². The number of thiophene rings is 1. The van der Waals surface area contributed by atoms with Crippen LogP contribution in [0.1, 0.15) is 0 Å². The van der Waals surface area contributed by atoms with Gasteiger partial charge in [-0.2, -0.15) is 0 Å². The Morgan fingerprint density at radius 2 is 2.15 bits per heavy atom. The molecular weight excluding hydrogens is 282 g/mol. The highest BCUT2D eigenvalue weighted by atomic mass is 32.1. The average Bonchev–Trinajstić information content (AvgIpc) is 2.91. The lowest BCUT2D eigenvalue weighted by Gasteiger charge is -2.10. The van der Waals surface area contributed by atoms with E-state index in [0.29, 0.717) is 10.7 Å². The number of methoxy groups -OCH3 is 1. The number of rotatable bonds is 4. The maximum absolute atomic E-state index is 11.8. The van der Waals surface area contributed by atoms with Gasteiger partial charge in [0.1, 0.15) is 5.75 Å². The summed E-state index contributed by atoms with van der Waals surface area (Å²) in [6.45, 7) is 0. The van der Waals surface area contributed by atoms with Crippen LogP contribution in [0.2, 0.25) is 0 Å². The highest BCUT2D eigenvalue weighted by Gasteiger charge is 2.13. The van der Waals surface area contributed by atoms with Crippen molar-refractivity contribution < 1.29 is 14.5 Å². The molecule has 0 unspecified atom stereocenters. The van der Waals surface area contributed by atoms with E-state index in [9.17, 15) is 14.9 Å². The van der Waals surface area contributed by atoms with Crippen LogP contribution in [0.15, 0.2) is 35.7 Å². The monoisotopic (exact) mass is 293 g/mol. The first-order chi connectivity index (χ1) is 9.60. The fourth-order valence-electron chi connectivity index (χ4n) is 1.51. The maximum Gasteiger partial charge on any atom is 0.324 e. The van der Waals surface area contributed by atoms with Gasteiger partial charge in [0.05, 0.1) is 28.8 Å². The Kier molecular flexibility index (Phi) is 4.16. The smallest absolute Gasteiger partial charge is 0.324 e. The summed E-state index contributed by atoms with van der Waals surface area (Å²) in [5, 5.41) is 18.4. The fraction of sp³-hybridized carbons (Fsp3) is 0.0833. The highest BCUT2D eigenvalue weighted by molar-refractivity contribution is 7.14. The molecule has 8 heteroatoms. The number of nitrogens with one attached hydrogen (secondary N) is 2. The predicted octanol–water partition coefficient (Wildman–Crippen LogP) is 3.31. The third-order valence-corrected chi connectivity index (χ3v) is 3.19. The van der Waals surface area contributed by atoms with E-state index in [1.54, 1.807) is 6.07 Å². The Labute approximate surface area is 118 Å². The fourth-order valence-corrected chi connectivity index (χ4v) is 2.12.